The first kappa shape index (κ1) is 13.9. The van der Waals surface area contributed by atoms with Crippen LogP contribution in [0, 0.1) is 6.92 Å². The van der Waals surface area contributed by atoms with E-state index in [-0.39, 0.29) is 12.1 Å². The van der Waals surface area contributed by atoms with E-state index in [0.29, 0.717) is 12.4 Å². The van der Waals surface area contributed by atoms with Gasteiger partial charge in [-0.2, -0.15) is 0 Å². The van der Waals surface area contributed by atoms with Crippen LogP contribution in [0.15, 0.2) is 12.3 Å². The molecule has 2 atom stereocenters. The quantitative estimate of drug-likeness (QED) is 0.795. The molecule has 1 rings (SSSR count). The van der Waals surface area contributed by atoms with Crippen LogP contribution in [-0.2, 0) is 4.74 Å². The second-order valence-corrected chi connectivity index (χ2v) is 4.24. The Morgan fingerprint density at radius 3 is 2.65 bits per heavy atom. The van der Waals surface area contributed by atoms with Gasteiger partial charge in [0.25, 0.3) is 0 Å². The molecule has 1 heterocycles. The first-order valence-electron chi connectivity index (χ1n) is 6.19. The van der Waals surface area contributed by atoms with Crippen LogP contribution in [0.4, 0.5) is 5.82 Å². The van der Waals surface area contributed by atoms with E-state index in [4.69, 9.17) is 16.2 Å². The summed E-state index contributed by atoms with van der Waals surface area (Å²) < 4.78 is 5.70. The first-order valence-corrected chi connectivity index (χ1v) is 6.19. The van der Waals surface area contributed by atoms with Crippen molar-refractivity contribution in [2.24, 2.45) is 5.73 Å². The molecule has 0 saturated carbocycles. The number of hydrogen-bond donors (Lipinski definition) is 2. The van der Waals surface area contributed by atoms with Gasteiger partial charge in [-0.05, 0) is 31.9 Å². The number of nitrogens with zero attached hydrogens (tertiary/aromatic N) is 1. The summed E-state index contributed by atoms with van der Waals surface area (Å²) in [7, 11) is 0. The summed E-state index contributed by atoms with van der Waals surface area (Å²) in [5, 5.41) is 0. The minimum atomic E-state index is -0.205. The number of anilines is 1. The van der Waals surface area contributed by atoms with Gasteiger partial charge in [-0.1, -0.05) is 13.3 Å². The third kappa shape index (κ3) is 3.41. The molecule has 2 unspecified atom stereocenters. The van der Waals surface area contributed by atoms with Gasteiger partial charge >= 0.3 is 0 Å². The molecular formula is C13H23N3O. The van der Waals surface area contributed by atoms with Crippen molar-refractivity contribution < 1.29 is 4.74 Å². The SMILES string of the molecule is CCCC(OCC)C(N)c1c(C)ccnc1N. The molecule has 1 aromatic rings. The Balaban J connectivity index is 2.95. The Hall–Kier alpha value is -1.13. The molecule has 0 aliphatic rings. The maximum absolute atomic E-state index is 6.27. The van der Waals surface area contributed by atoms with Crippen LogP contribution < -0.4 is 11.5 Å². The molecule has 4 N–H and O–H groups in total. The van der Waals surface area contributed by atoms with Crippen LogP contribution >= 0.6 is 0 Å². The number of nitrogen functional groups attached to an aromatic ring is 1. The molecule has 0 aliphatic carbocycles. The molecule has 4 heteroatoms. The third-order valence-electron chi connectivity index (χ3n) is 2.93. The smallest absolute Gasteiger partial charge is 0.128 e. The number of nitrogens with two attached hydrogens (primary N) is 2. The number of aryl methyl sites for hydroxylation is 1. The Kier molecular flexibility index (Phi) is 5.38. The summed E-state index contributed by atoms with van der Waals surface area (Å²) in [6.07, 6.45) is 3.69. The second-order valence-electron chi connectivity index (χ2n) is 4.24. The Bertz CT molecular complexity index is 328. The fraction of sp³-hybridized carbons (Fsp3) is 0.615. The molecule has 0 amide bonds. The number of rotatable bonds is 6. The summed E-state index contributed by atoms with van der Waals surface area (Å²) in [6.45, 7) is 6.77. The Labute approximate surface area is 103 Å². The molecule has 1 aromatic heterocycles. The van der Waals surface area contributed by atoms with Gasteiger partial charge in [0.1, 0.15) is 5.82 Å². The number of pyridine rings is 1. The highest BCUT2D eigenvalue weighted by Gasteiger charge is 2.22. The van der Waals surface area contributed by atoms with Gasteiger partial charge in [0.15, 0.2) is 0 Å². The topological polar surface area (TPSA) is 74.2 Å². The van der Waals surface area contributed by atoms with Gasteiger partial charge in [0.05, 0.1) is 12.1 Å². The standard InChI is InChI=1S/C13H23N3O/c1-4-6-10(17-5-2)12(14)11-9(3)7-8-16-13(11)15/h7-8,10,12H,4-6,14H2,1-3H3,(H2,15,16). The van der Waals surface area contributed by atoms with Gasteiger partial charge in [0.2, 0.25) is 0 Å². The van der Waals surface area contributed by atoms with E-state index in [9.17, 15) is 0 Å². The zero-order valence-electron chi connectivity index (χ0n) is 10.9. The van der Waals surface area contributed by atoms with E-state index in [1.165, 1.54) is 0 Å². The second kappa shape index (κ2) is 6.57. The Morgan fingerprint density at radius 2 is 2.12 bits per heavy atom. The normalized spacial score (nSPS) is 14.6. The van der Waals surface area contributed by atoms with Crippen molar-refractivity contribution in [1.82, 2.24) is 4.98 Å². The lowest BCUT2D eigenvalue weighted by molar-refractivity contribution is 0.0374. The van der Waals surface area contributed by atoms with Gasteiger partial charge in [-0.15, -0.1) is 0 Å². The predicted molar refractivity (Wildman–Crippen MR) is 70.6 cm³/mol. The molecule has 0 fully saturated rings. The number of hydrogen-bond acceptors (Lipinski definition) is 4. The average molecular weight is 237 g/mol. The van der Waals surface area contributed by atoms with Gasteiger partial charge < -0.3 is 16.2 Å². The molecule has 0 saturated heterocycles. The molecule has 0 aromatic carbocycles. The van der Waals surface area contributed by atoms with Crippen LogP contribution in [0.3, 0.4) is 0 Å². The van der Waals surface area contributed by atoms with E-state index >= 15 is 0 Å². The Morgan fingerprint density at radius 1 is 1.41 bits per heavy atom. The maximum atomic E-state index is 6.27. The minimum Gasteiger partial charge on any atom is -0.383 e. The van der Waals surface area contributed by atoms with Crippen molar-refractivity contribution in [1.29, 1.82) is 0 Å². The summed E-state index contributed by atoms with van der Waals surface area (Å²) in [4.78, 5) is 4.11. The fourth-order valence-electron chi connectivity index (χ4n) is 2.08. The zero-order chi connectivity index (χ0) is 12.8. The lowest BCUT2D eigenvalue weighted by Gasteiger charge is -2.25. The summed E-state index contributed by atoms with van der Waals surface area (Å²) in [5.41, 5.74) is 14.2. The molecule has 17 heavy (non-hydrogen) atoms. The molecule has 0 bridgehead atoms. The molecule has 96 valence electrons. The lowest BCUT2D eigenvalue weighted by atomic mass is 9.96. The van der Waals surface area contributed by atoms with E-state index in [2.05, 4.69) is 11.9 Å². The van der Waals surface area contributed by atoms with Crippen molar-refractivity contribution in [2.45, 2.75) is 45.8 Å². The highest BCUT2D eigenvalue weighted by Crippen LogP contribution is 2.26. The van der Waals surface area contributed by atoms with Crippen molar-refractivity contribution in [3.05, 3.63) is 23.4 Å². The van der Waals surface area contributed by atoms with Crippen LogP contribution in [-0.4, -0.2) is 17.7 Å². The average Bonchev–Trinajstić information content (AvgIpc) is 2.28. The van der Waals surface area contributed by atoms with Gasteiger partial charge in [-0.3, -0.25) is 0 Å². The summed E-state index contributed by atoms with van der Waals surface area (Å²) in [6, 6.07) is 1.73. The van der Waals surface area contributed by atoms with Gasteiger partial charge in [0, 0.05) is 18.4 Å². The van der Waals surface area contributed by atoms with Crippen LogP contribution in [0.25, 0.3) is 0 Å². The van der Waals surface area contributed by atoms with Crippen molar-refractivity contribution in [2.75, 3.05) is 12.3 Å². The highest BCUT2D eigenvalue weighted by molar-refractivity contribution is 5.46. The van der Waals surface area contributed by atoms with E-state index in [0.717, 1.165) is 24.0 Å². The van der Waals surface area contributed by atoms with Crippen molar-refractivity contribution in [3.8, 4) is 0 Å². The summed E-state index contributed by atoms with van der Waals surface area (Å²) in [5.74, 6) is 0.512. The van der Waals surface area contributed by atoms with E-state index in [1.807, 2.05) is 19.9 Å². The summed E-state index contributed by atoms with van der Waals surface area (Å²) >= 11 is 0. The van der Waals surface area contributed by atoms with Crippen molar-refractivity contribution in [3.63, 3.8) is 0 Å². The molecule has 0 aliphatic heterocycles. The lowest BCUT2D eigenvalue weighted by Crippen LogP contribution is -2.30. The third-order valence-corrected chi connectivity index (χ3v) is 2.93. The van der Waals surface area contributed by atoms with Crippen molar-refractivity contribution >= 4 is 5.82 Å². The molecule has 0 radical (unpaired) electrons. The van der Waals surface area contributed by atoms with Gasteiger partial charge in [-0.25, -0.2) is 4.98 Å². The highest BCUT2D eigenvalue weighted by atomic mass is 16.5. The number of aromatic nitrogens is 1. The molecule has 0 spiro atoms. The largest absolute Gasteiger partial charge is 0.383 e. The number of ether oxygens (including phenoxy) is 1. The van der Waals surface area contributed by atoms with Crippen LogP contribution in [0.1, 0.15) is 43.9 Å². The maximum Gasteiger partial charge on any atom is 0.128 e. The minimum absolute atomic E-state index is 0.00944. The predicted octanol–water partition coefficient (Wildman–Crippen LogP) is 2.18. The van der Waals surface area contributed by atoms with E-state index < -0.39 is 0 Å². The zero-order valence-corrected chi connectivity index (χ0v) is 10.9. The van der Waals surface area contributed by atoms with Crippen LogP contribution in [0.5, 0.6) is 0 Å². The fourth-order valence-corrected chi connectivity index (χ4v) is 2.08. The molecule has 4 nitrogen and oxygen atoms in total. The first-order chi connectivity index (χ1) is 8.11. The van der Waals surface area contributed by atoms with Crippen LogP contribution in [0.2, 0.25) is 0 Å². The monoisotopic (exact) mass is 237 g/mol. The van der Waals surface area contributed by atoms with E-state index in [1.54, 1.807) is 6.20 Å². The molecular weight excluding hydrogens is 214 g/mol.